The van der Waals surface area contributed by atoms with E-state index < -0.39 is 20.9 Å². The summed E-state index contributed by atoms with van der Waals surface area (Å²) in [6.07, 6.45) is 0. The lowest BCUT2D eigenvalue weighted by Gasteiger charge is -2.18. The van der Waals surface area contributed by atoms with Crippen LogP contribution in [0.1, 0.15) is 17.3 Å². The van der Waals surface area contributed by atoms with Gasteiger partial charge in [0.2, 0.25) is 0 Å². The molecule has 0 spiro atoms. The molecule has 0 fully saturated rings. The van der Waals surface area contributed by atoms with Crippen molar-refractivity contribution in [1.29, 1.82) is 0 Å². The van der Waals surface area contributed by atoms with Gasteiger partial charge in [-0.25, -0.2) is 12.7 Å². The number of non-ortho nitro benzene ring substituents is 1. The maximum absolute atomic E-state index is 12.2. The second kappa shape index (κ2) is 5.13. The van der Waals surface area contributed by atoms with Gasteiger partial charge in [0.15, 0.2) is 0 Å². The summed E-state index contributed by atoms with van der Waals surface area (Å²) in [4.78, 5) is 22.0. The summed E-state index contributed by atoms with van der Waals surface area (Å²) in [6.45, 7) is 1.83. The molecule has 7 nitrogen and oxygen atoms in total. The number of sulfonamides is 1. The molecule has 108 valence electrons. The predicted octanol–water partition coefficient (Wildman–Crippen LogP) is 1.77. The van der Waals surface area contributed by atoms with Crippen molar-refractivity contribution < 1.29 is 18.1 Å². The van der Waals surface area contributed by atoms with Crippen molar-refractivity contribution in [3.63, 3.8) is 0 Å². The molecule has 1 amide bonds. The van der Waals surface area contributed by atoms with Crippen LogP contribution in [-0.4, -0.2) is 35.4 Å². The van der Waals surface area contributed by atoms with Crippen LogP contribution >= 0.6 is 15.9 Å². The number of nitro benzene ring substituents is 1. The smallest absolute Gasteiger partial charge is 0.268 e. The molecule has 0 radical (unpaired) electrons. The van der Waals surface area contributed by atoms with E-state index in [1.54, 1.807) is 6.92 Å². The van der Waals surface area contributed by atoms with Gasteiger partial charge in [-0.1, -0.05) is 22.9 Å². The molecule has 1 aliphatic heterocycles. The summed E-state index contributed by atoms with van der Waals surface area (Å²) < 4.78 is 25.3. The Labute approximate surface area is 123 Å². The maximum Gasteiger partial charge on any atom is 0.270 e. The van der Waals surface area contributed by atoms with E-state index in [0.717, 1.165) is 22.5 Å². The third-order valence-corrected chi connectivity index (χ3v) is 5.85. The molecule has 1 unspecified atom stereocenters. The summed E-state index contributed by atoms with van der Waals surface area (Å²) in [5, 5.41) is 11.2. The molecular weight excluding hydrogens is 352 g/mol. The third-order valence-electron chi connectivity index (χ3n) is 2.94. The maximum atomic E-state index is 12.2. The molecule has 20 heavy (non-hydrogen) atoms. The highest BCUT2D eigenvalue weighted by molar-refractivity contribution is 9.09. The fraction of sp³-hybridized carbons (Fsp3) is 0.364. The first kappa shape index (κ1) is 14.9. The summed E-state index contributed by atoms with van der Waals surface area (Å²) in [6, 6.07) is 3.20. The Morgan fingerprint density at radius 1 is 1.45 bits per heavy atom. The Morgan fingerprint density at radius 2 is 2.10 bits per heavy atom. The molecule has 0 aromatic heterocycles. The molecule has 1 aliphatic rings. The Morgan fingerprint density at radius 3 is 2.65 bits per heavy atom. The van der Waals surface area contributed by atoms with Crippen LogP contribution in [0, 0.1) is 16.0 Å². The molecule has 0 aliphatic carbocycles. The van der Waals surface area contributed by atoms with Gasteiger partial charge in [0, 0.05) is 24.0 Å². The van der Waals surface area contributed by atoms with Crippen molar-refractivity contribution >= 4 is 37.5 Å². The average molecular weight is 363 g/mol. The second-order valence-electron chi connectivity index (χ2n) is 4.54. The lowest BCUT2D eigenvalue weighted by atomic mass is 10.1. The fourth-order valence-electron chi connectivity index (χ4n) is 1.90. The normalized spacial score (nSPS) is 17.9. The Kier molecular flexibility index (Phi) is 3.83. The summed E-state index contributed by atoms with van der Waals surface area (Å²) in [5.41, 5.74) is -0.441. The van der Waals surface area contributed by atoms with Gasteiger partial charge in [-0.05, 0) is 12.0 Å². The zero-order chi connectivity index (χ0) is 15.1. The van der Waals surface area contributed by atoms with Crippen LogP contribution in [0.5, 0.6) is 0 Å². The Balaban J connectivity index is 2.50. The standard InChI is InChI=1S/C11H11BrN2O5S/c1-7(5-12)6-13-11(15)9-4-8(14(16)17)2-3-10(9)20(13,18)19/h2-4,7H,5-6H2,1H3. The van der Waals surface area contributed by atoms with Gasteiger partial charge in [0.1, 0.15) is 4.90 Å². The number of hydrogen-bond donors (Lipinski definition) is 0. The SMILES string of the molecule is CC(CBr)CN1C(=O)c2cc([N+](=O)[O-])ccc2S1(=O)=O. The molecule has 0 N–H and O–H groups in total. The monoisotopic (exact) mass is 362 g/mol. The number of benzene rings is 1. The first-order valence-electron chi connectivity index (χ1n) is 5.70. The number of nitrogens with zero attached hydrogens (tertiary/aromatic N) is 2. The number of alkyl halides is 1. The van der Waals surface area contributed by atoms with Crippen LogP contribution in [0.15, 0.2) is 23.1 Å². The molecule has 1 aromatic rings. The van der Waals surface area contributed by atoms with E-state index in [-0.39, 0.29) is 28.6 Å². The third kappa shape index (κ3) is 2.31. The van der Waals surface area contributed by atoms with Crippen molar-refractivity contribution in [2.24, 2.45) is 5.92 Å². The number of fused-ring (bicyclic) bond motifs is 1. The Bertz CT molecular complexity index is 688. The second-order valence-corrected chi connectivity index (χ2v) is 7.02. The van der Waals surface area contributed by atoms with Gasteiger partial charge < -0.3 is 0 Å². The molecule has 0 saturated heterocycles. The molecule has 9 heteroatoms. The number of amides is 1. The van der Waals surface area contributed by atoms with Crippen LogP contribution < -0.4 is 0 Å². The summed E-state index contributed by atoms with van der Waals surface area (Å²) in [5.74, 6) is -0.769. The van der Waals surface area contributed by atoms with Gasteiger partial charge in [-0.15, -0.1) is 0 Å². The van der Waals surface area contributed by atoms with Crippen molar-refractivity contribution in [1.82, 2.24) is 4.31 Å². The first-order chi connectivity index (χ1) is 9.28. The van der Waals surface area contributed by atoms with Gasteiger partial charge in [0.25, 0.3) is 21.6 Å². The Hall–Kier alpha value is -1.48. The van der Waals surface area contributed by atoms with Crippen molar-refractivity contribution in [2.45, 2.75) is 11.8 Å². The lowest BCUT2D eigenvalue weighted by Crippen LogP contribution is -2.34. The summed E-state index contributed by atoms with van der Waals surface area (Å²) >= 11 is 3.22. The van der Waals surface area contributed by atoms with Crippen LogP contribution in [0.4, 0.5) is 5.69 Å². The number of halogens is 1. The van der Waals surface area contributed by atoms with E-state index >= 15 is 0 Å². The van der Waals surface area contributed by atoms with Crippen molar-refractivity contribution in [2.75, 3.05) is 11.9 Å². The van der Waals surface area contributed by atoms with Gasteiger partial charge in [-0.2, -0.15) is 0 Å². The van der Waals surface area contributed by atoms with Crippen LogP contribution in [-0.2, 0) is 10.0 Å². The number of nitro groups is 1. The fourth-order valence-corrected chi connectivity index (χ4v) is 3.77. The van der Waals surface area contributed by atoms with Crippen molar-refractivity contribution in [3.05, 3.63) is 33.9 Å². The van der Waals surface area contributed by atoms with Crippen LogP contribution in [0.25, 0.3) is 0 Å². The van der Waals surface area contributed by atoms with Crippen LogP contribution in [0.2, 0.25) is 0 Å². The number of carbonyl (C=O) groups excluding carboxylic acids is 1. The molecule has 0 bridgehead atoms. The van der Waals surface area contributed by atoms with E-state index in [1.807, 2.05) is 0 Å². The minimum absolute atomic E-state index is 0.0366. The molecule has 0 saturated carbocycles. The topological polar surface area (TPSA) is 97.6 Å². The zero-order valence-electron chi connectivity index (χ0n) is 10.4. The van der Waals surface area contributed by atoms with Gasteiger partial charge in [0.05, 0.1) is 10.5 Å². The highest BCUT2D eigenvalue weighted by Gasteiger charge is 2.42. The molecule has 1 aromatic carbocycles. The molecule has 1 heterocycles. The van der Waals surface area contributed by atoms with Crippen LogP contribution in [0.3, 0.4) is 0 Å². The van der Waals surface area contributed by atoms with E-state index in [0.29, 0.717) is 5.33 Å². The highest BCUT2D eigenvalue weighted by Crippen LogP contribution is 2.33. The first-order valence-corrected chi connectivity index (χ1v) is 8.26. The van der Waals surface area contributed by atoms with Gasteiger partial charge >= 0.3 is 0 Å². The lowest BCUT2D eigenvalue weighted by molar-refractivity contribution is -0.384. The van der Waals surface area contributed by atoms with E-state index in [2.05, 4.69) is 15.9 Å². The van der Waals surface area contributed by atoms with E-state index in [9.17, 15) is 23.3 Å². The number of carbonyl (C=O) groups is 1. The molecule has 1 atom stereocenters. The predicted molar refractivity (Wildman–Crippen MR) is 74.3 cm³/mol. The van der Waals surface area contributed by atoms with Crippen molar-refractivity contribution in [3.8, 4) is 0 Å². The molecule has 2 rings (SSSR count). The van der Waals surface area contributed by atoms with E-state index in [4.69, 9.17) is 0 Å². The zero-order valence-corrected chi connectivity index (χ0v) is 12.8. The summed E-state index contributed by atoms with van der Waals surface area (Å²) in [7, 11) is -3.90. The molecular formula is C11H11BrN2O5S. The minimum atomic E-state index is -3.90. The number of hydrogen-bond acceptors (Lipinski definition) is 5. The van der Waals surface area contributed by atoms with E-state index in [1.165, 1.54) is 0 Å². The quantitative estimate of drug-likeness (QED) is 0.461. The average Bonchev–Trinajstić information content (AvgIpc) is 2.59. The largest absolute Gasteiger partial charge is 0.270 e. The highest BCUT2D eigenvalue weighted by atomic mass is 79.9. The minimum Gasteiger partial charge on any atom is -0.268 e. The van der Waals surface area contributed by atoms with Gasteiger partial charge in [-0.3, -0.25) is 14.9 Å². The number of rotatable bonds is 4.